The molecule has 0 radical (unpaired) electrons. The number of sulfonamides is 1. The molecule has 16 heavy (non-hydrogen) atoms. The third kappa shape index (κ3) is 2.22. The average Bonchev–Trinajstić information content (AvgIpc) is 2.65. The van der Waals surface area contributed by atoms with Crippen LogP contribution in [0.1, 0.15) is 32.1 Å². The maximum Gasteiger partial charge on any atom is 0.306 e. The molecule has 2 fully saturated rings. The standard InChI is InChI=1S/C10H17NO4S/c12-10(13)8-3-4-9(7-8)11-5-1-2-6-16(11,14)15/h8-9H,1-7H2,(H,12,13). The molecule has 0 bridgehead atoms. The Morgan fingerprint density at radius 2 is 2.00 bits per heavy atom. The summed E-state index contributed by atoms with van der Waals surface area (Å²) in [6, 6.07) is -0.0774. The summed E-state index contributed by atoms with van der Waals surface area (Å²) in [4.78, 5) is 10.8. The Hall–Kier alpha value is -0.620. The smallest absolute Gasteiger partial charge is 0.306 e. The second-order valence-corrected chi connectivity index (χ2v) is 6.68. The third-order valence-electron chi connectivity index (χ3n) is 3.55. The van der Waals surface area contributed by atoms with Gasteiger partial charge in [-0.05, 0) is 32.1 Å². The van der Waals surface area contributed by atoms with Crippen LogP contribution in [-0.4, -0.2) is 42.1 Å². The molecule has 2 aliphatic rings. The summed E-state index contributed by atoms with van der Waals surface area (Å²) in [7, 11) is -3.12. The minimum atomic E-state index is -3.12. The predicted octanol–water partition coefficient (Wildman–Crippen LogP) is 0.665. The summed E-state index contributed by atoms with van der Waals surface area (Å²) < 4.78 is 25.2. The Morgan fingerprint density at radius 3 is 2.56 bits per heavy atom. The predicted molar refractivity (Wildman–Crippen MR) is 58.5 cm³/mol. The highest BCUT2D eigenvalue weighted by Gasteiger charge is 2.38. The van der Waals surface area contributed by atoms with Crippen molar-refractivity contribution in [2.45, 2.75) is 38.1 Å². The molecular formula is C10H17NO4S. The van der Waals surface area contributed by atoms with Crippen molar-refractivity contribution in [2.24, 2.45) is 5.92 Å². The molecule has 6 heteroatoms. The zero-order valence-electron chi connectivity index (χ0n) is 9.13. The van der Waals surface area contributed by atoms with Crippen molar-refractivity contribution >= 4 is 16.0 Å². The first-order valence-electron chi connectivity index (χ1n) is 5.73. The highest BCUT2D eigenvalue weighted by atomic mass is 32.2. The first-order chi connectivity index (χ1) is 7.50. The number of hydrogen-bond acceptors (Lipinski definition) is 3. The van der Waals surface area contributed by atoms with E-state index < -0.39 is 16.0 Å². The number of carbonyl (C=O) groups is 1. The molecule has 0 spiro atoms. The maximum atomic E-state index is 11.8. The van der Waals surface area contributed by atoms with E-state index in [9.17, 15) is 13.2 Å². The molecule has 2 atom stereocenters. The maximum absolute atomic E-state index is 11.8. The fourth-order valence-corrected chi connectivity index (χ4v) is 4.52. The molecule has 1 N–H and O–H groups in total. The fourth-order valence-electron chi connectivity index (χ4n) is 2.66. The Bertz CT molecular complexity index is 378. The zero-order chi connectivity index (χ0) is 11.8. The summed E-state index contributed by atoms with van der Waals surface area (Å²) in [6.07, 6.45) is 3.40. The third-order valence-corrected chi connectivity index (χ3v) is 5.55. The lowest BCUT2D eigenvalue weighted by atomic mass is 10.1. The minimum Gasteiger partial charge on any atom is -0.481 e. The largest absolute Gasteiger partial charge is 0.481 e. The fraction of sp³-hybridized carbons (Fsp3) is 0.900. The highest BCUT2D eigenvalue weighted by Crippen LogP contribution is 2.32. The van der Waals surface area contributed by atoms with Gasteiger partial charge in [-0.3, -0.25) is 4.79 Å². The Labute approximate surface area is 95.5 Å². The van der Waals surface area contributed by atoms with Gasteiger partial charge in [0.1, 0.15) is 0 Å². The molecule has 0 aromatic heterocycles. The van der Waals surface area contributed by atoms with E-state index in [0.29, 0.717) is 25.8 Å². The molecule has 1 saturated carbocycles. The van der Waals surface area contributed by atoms with Gasteiger partial charge in [0, 0.05) is 12.6 Å². The van der Waals surface area contributed by atoms with E-state index in [4.69, 9.17) is 5.11 Å². The van der Waals surface area contributed by atoms with Gasteiger partial charge in [0.15, 0.2) is 0 Å². The normalized spacial score (nSPS) is 35.0. The first kappa shape index (κ1) is 11.9. The molecule has 1 aliphatic carbocycles. The molecule has 0 amide bonds. The van der Waals surface area contributed by atoms with E-state index in [1.807, 2.05) is 0 Å². The van der Waals surface area contributed by atoms with E-state index >= 15 is 0 Å². The average molecular weight is 247 g/mol. The van der Waals surface area contributed by atoms with E-state index in [2.05, 4.69) is 0 Å². The van der Waals surface area contributed by atoms with Gasteiger partial charge >= 0.3 is 5.97 Å². The van der Waals surface area contributed by atoms with Gasteiger partial charge in [-0.15, -0.1) is 0 Å². The van der Waals surface area contributed by atoms with Crippen LogP contribution in [0.5, 0.6) is 0 Å². The molecule has 0 aromatic rings. The molecule has 5 nitrogen and oxygen atoms in total. The SMILES string of the molecule is O=C(O)C1CCC(N2CCCCS2(=O)=O)C1. The second-order valence-electron chi connectivity index (χ2n) is 4.64. The van der Waals surface area contributed by atoms with Crippen molar-refractivity contribution in [3.63, 3.8) is 0 Å². The zero-order valence-corrected chi connectivity index (χ0v) is 9.95. The second kappa shape index (κ2) is 4.33. The van der Waals surface area contributed by atoms with Crippen molar-refractivity contribution < 1.29 is 18.3 Å². The van der Waals surface area contributed by atoms with Gasteiger partial charge in [-0.1, -0.05) is 0 Å². The van der Waals surface area contributed by atoms with E-state index in [1.165, 1.54) is 0 Å². The number of rotatable bonds is 2. The summed E-state index contributed by atoms with van der Waals surface area (Å²) in [5, 5.41) is 8.89. The lowest BCUT2D eigenvalue weighted by Gasteiger charge is -2.31. The molecule has 1 aliphatic heterocycles. The Balaban J connectivity index is 2.06. The van der Waals surface area contributed by atoms with Gasteiger partial charge in [-0.2, -0.15) is 4.31 Å². The molecular weight excluding hydrogens is 230 g/mol. The quantitative estimate of drug-likeness (QED) is 0.778. The van der Waals surface area contributed by atoms with Gasteiger partial charge in [0.2, 0.25) is 10.0 Å². The van der Waals surface area contributed by atoms with E-state index in [1.54, 1.807) is 4.31 Å². The number of carboxylic acids is 1. The number of hydrogen-bond donors (Lipinski definition) is 1. The van der Waals surface area contributed by atoms with Crippen LogP contribution in [-0.2, 0) is 14.8 Å². The van der Waals surface area contributed by atoms with Crippen LogP contribution in [0.25, 0.3) is 0 Å². The number of nitrogens with zero attached hydrogens (tertiary/aromatic N) is 1. The van der Waals surface area contributed by atoms with Crippen LogP contribution in [0.3, 0.4) is 0 Å². The van der Waals surface area contributed by atoms with Crippen LogP contribution in [0.2, 0.25) is 0 Å². The monoisotopic (exact) mass is 247 g/mol. The summed E-state index contributed by atoms with van der Waals surface area (Å²) in [6.45, 7) is 0.569. The summed E-state index contributed by atoms with van der Waals surface area (Å²) in [5.74, 6) is -0.930. The van der Waals surface area contributed by atoms with Gasteiger partial charge < -0.3 is 5.11 Å². The van der Waals surface area contributed by atoms with Crippen molar-refractivity contribution in [3.8, 4) is 0 Å². The number of aliphatic carboxylic acids is 1. The van der Waals surface area contributed by atoms with Crippen LogP contribution < -0.4 is 0 Å². The van der Waals surface area contributed by atoms with Crippen molar-refractivity contribution in [3.05, 3.63) is 0 Å². The summed E-state index contributed by atoms with van der Waals surface area (Å²) >= 11 is 0. The van der Waals surface area contributed by atoms with E-state index in [-0.39, 0.29) is 17.7 Å². The molecule has 2 unspecified atom stereocenters. The van der Waals surface area contributed by atoms with Crippen LogP contribution in [0, 0.1) is 5.92 Å². The van der Waals surface area contributed by atoms with Crippen molar-refractivity contribution in [1.29, 1.82) is 0 Å². The van der Waals surface area contributed by atoms with Crippen molar-refractivity contribution in [2.75, 3.05) is 12.3 Å². The first-order valence-corrected chi connectivity index (χ1v) is 7.34. The van der Waals surface area contributed by atoms with Crippen LogP contribution in [0.4, 0.5) is 0 Å². The van der Waals surface area contributed by atoms with Gasteiger partial charge in [-0.25, -0.2) is 8.42 Å². The Morgan fingerprint density at radius 1 is 1.25 bits per heavy atom. The van der Waals surface area contributed by atoms with Gasteiger partial charge in [0.05, 0.1) is 11.7 Å². The Kier molecular flexibility index (Phi) is 3.21. The topological polar surface area (TPSA) is 74.7 Å². The minimum absolute atomic E-state index is 0.0774. The summed E-state index contributed by atoms with van der Waals surface area (Å²) in [5.41, 5.74) is 0. The van der Waals surface area contributed by atoms with Crippen molar-refractivity contribution in [1.82, 2.24) is 4.31 Å². The van der Waals surface area contributed by atoms with Crippen LogP contribution in [0.15, 0.2) is 0 Å². The molecule has 1 heterocycles. The molecule has 0 aromatic carbocycles. The van der Waals surface area contributed by atoms with Gasteiger partial charge in [0.25, 0.3) is 0 Å². The lowest BCUT2D eigenvalue weighted by Crippen LogP contribution is -2.44. The van der Waals surface area contributed by atoms with Crippen LogP contribution >= 0.6 is 0 Å². The molecule has 1 saturated heterocycles. The van der Waals surface area contributed by atoms with E-state index in [0.717, 1.165) is 12.8 Å². The lowest BCUT2D eigenvalue weighted by molar-refractivity contribution is -0.141. The highest BCUT2D eigenvalue weighted by molar-refractivity contribution is 7.89. The molecule has 92 valence electrons. The number of carboxylic acid groups (broad SMARTS) is 1. The molecule has 2 rings (SSSR count).